The zero-order valence-corrected chi connectivity index (χ0v) is 12.0. The SMILES string of the molecule is CCC1CCCCC1OC(=O)c1cc(N)cc(Cl)c1. The molecule has 104 valence electrons. The molecule has 1 aromatic rings. The summed E-state index contributed by atoms with van der Waals surface area (Å²) in [6, 6.07) is 4.83. The molecule has 2 rings (SSSR count). The van der Waals surface area contributed by atoms with Gasteiger partial charge in [-0.3, -0.25) is 0 Å². The molecule has 0 spiro atoms. The lowest BCUT2D eigenvalue weighted by Crippen LogP contribution is -2.29. The number of anilines is 1. The highest BCUT2D eigenvalue weighted by Gasteiger charge is 2.27. The first-order valence-corrected chi connectivity index (χ1v) is 7.25. The standard InChI is InChI=1S/C15H20ClNO2/c1-2-10-5-3-4-6-14(10)19-15(18)11-7-12(16)9-13(17)8-11/h7-10,14H,2-6,17H2,1H3. The molecule has 4 heteroatoms. The van der Waals surface area contributed by atoms with Crippen LogP contribution in [0.3, 0.4) is 0 Å². The van der Waals surface area contributed by atoms with Crippen LogP contribution in [0, 0.1) is 5.92 Å². The van der Waals surface area contributed by atoms with Crippen molar-refractivity contribution >= 4 is 23.3 Å². The van der Waals surface area contributed by atoms with E-state index in [1.165, 1.54) is 6.42 Å². The Bertz CT molecular complexity index is 441. The smallest absolute Gasteiger partial charge is 0.338 e. The van der Waals surface area contributed by atoms with E-state index in [0.29, 0.717) is 22.2 Å². The molecule has 2 unspecified atom stereocenters. The summed E-state index contributed by atoms with van der Waals surface area (Å²) >= 11 is 5.91. The molecule has 0 saturated heterocycles. The first-order chi connectivity index (χ1) is 9.10. The fourth-order valence-corrected chi connectivity index (χ4v) is 2.98. The van der Waals surface area contributed by atoms with Gasteiger partial charge in [0.1, 0.15) is 6.10 Å². The van der Waals surface area contributed by atoms with Crippen LogP contribution < -0.4 is 5.73 Å². The van der Waals surface area contributed by atoms with Crippen molar-refractivity contribution in [3.8, 4) is 0 Å². The number of benzene rings is 1. The average molecular weight is 282 g/mol. The van der Waals surface area contributed by atoms with Crippen molar-refractivity contribution in [3.63, 3.8) is 0 Å². The van der Waals surface area contributed by atoms with Crippen molar-refractivity contribution in [1.29, 1.82) is 0 Å². The zero-order valence-electron chi connectivity index (χ0n) is 11.2. The lowest BCUT2D eigenvalue weighted by atomic mass is 9.85. The molecule has 19 heavy (non-hydrogen) atoms. The quantitative estimate of drug-likeness (QED) is 0.672. The maximum absolute atomic E-state index is 12.1. The minimum absolute atomic E-state index is 0.0338. The molecule has 0 radical (unpaired) electrons. The molecule has 0 amide bonds. The van der Waals surface area contributed by atoms with E-state index in [0.717, 1.165) is 25.7 Å². The molecular formula is C15H20ClNO2. The van der Waals surface area contributed by atoms with E-state index in [1.807, 2.05) is 0 Å². The number of nitrogens with two attached hydrogens (primary N) is 1. The molecule has 3 nitrogen and oxygen atoms in total. The molecule has 0 heterocycles. The van der Waals surface area contributed by atoms with E-state index in [1.54, 1.807) is 18.2 Å². The predicted octanol–water partition coefficient (Wildman–Crippen LogP) is 4.05. The summed E-state index contributed by atoms with van der Waals surface area (Å²) in [7, 11) is 0. The van der Waals surface area contributed by atoms with E-state index in [-0.39, 0.29) is 12.1 Å². The average Bonchev–Trinajstić information content (AvgIpc) is 2.38. The molecular weight excluding hydrogens is 262 g/mol. The Hall–Kier alpha value is -1.22. The van der Waals surface area contributed by atoms with Crippen LogP contribution in [0.15, 0.2) is 18.2 Å². The number of carbonyl (C=O) groups is 1. The number of halogens is 1. The Labute approximate surface area is 119 Å². The fourth-order valence-electron chi connectivity index (χ4n) is 2.73. The number of carbonyl (C=O) groups excluding carboxylic acids is 1. The van der Waals surface area contributed by atoms with Crippen molar-refractivity contribution in [1.82, 2.24) is 0 Å². The maximum atomic E-state index is 12.1. The van der Waals surface area contributed by atoms with Gasteiger partial charge < -0.3 is 10.5 Å². The molecule has 0 aromatic heterocycles. The molecule has 0 aliphatic heterocycles. The summed E-state index contributed by atoms with van der Waals surface area (Å²) in [4.78, 5) is 12.1. The lowest BCUT2D eigenvalue weighted by molar-refractivity contribution is 0.000715. The largest absolute Gasteiger partial charge is 0.458 e. The molecule has 1 aliphatic rings. The number of rotatable bonds is 3. The second kappa shape index (κ2) is 6.29. The third-order valence-corrected chi connectivity index (χ3v) is 4.00. The van der Waals surface area contributed by atoms with Gasteiger partial charge in [0.15, 0.2) is 0 Å². The third kappa shape index (κ3) is 3.63. The van der Waals surface area contributed by atoms with E-state index in [2.05, 4.69) is 6.92 Å². The van der Waals surface area contributed by atoms with Gasteiger partial charge in [0.2, 0.25) is 0 Å². The van der Waals surface area contributed by atoms with Crippen LogP contribution in [-0.2, 0) is 4.74 Å². The van der Waals surface area contributed by atoms with Crippen LogP contribution in [0.1, 0.15) is 49.4 Å². The van der Waals surface area contributed by atoms with Gasteiger partial charge in [0, 0.05) is 10.7 Å². The fraction of sp³-hybridized carbons (Fsp3) is 0.533. The zero-order chi connectivity index (χ0) is 13.8. The summed E-state index contributed by atoms with van der Waals surface area (Å²) in [6.07, 6.45) is 5.55. The Morgan fingerprint density at radius 2 is 2.11 bits per heavy atom. The highest BCUT2D eigenvalue weighted by atomic mass is 35.5. The number of nitrogen functional groups attached to an aromatic ring is 1. The predicted molar refractivity (Wildman–Crippen MR) is 77.3 cm³/mol. The van der Waals surface area contributed by atoms with Crippen LogP contribution in [0.25, 0.3) is 0 Å². The van der Waals surface area contributed by atoms with Crippen molar-refractivity contribution in [3.05, 3.63) is 28.8 Å². The van der Waals surface area contributed by atoms with Gasteiger partial charge in [0.25, 0.3) is 0 Å². The molecule has 1 aromatic carbocycles. The highest BCUT2D eigenvalue weighted by molar-refractivity contribution is 6.31. The first-order valence-electron chi connectivity index (χ1n) is 6.87. The normalized spacial score (nSPS) is 23.1. The van der Waals surface area contributed by atoms with Crippen molar-refractivity contribution in [2.24, 2.45) is 5.92 Å². The Morgan fingerprint density at radius 1 is 1.37 bits per heavy atom. The molecule has 1 saturated carbocycles. The van der Waals surface area contributed by atoms with Gasteiger partial charge in [-0.2, -0.15) is 0 Å². The van der Waals surface area contributed by atoms with Crippen LogP contribution in [0.2, 0.25) is 5.02 Å². The molecule has 1 fully saturated rings. The molecule has 0 bridgehead atoms. The Balaban J connectivity index is 2.07. The van der Waals surface area contributed by atoms with Crippen LogP contribution in [0.4, 0.5) is 5.69 Å². The van der Waals surface area contributed by atoms with Crippen LogP contribution in [-0.4, -0.2) is 12.1 Å². The summed E-state index contributed by atoms with van der Waals surface area (Å²) in [5, 5.41) is 0.461. The van der Waals surface area contributed by atoms with Crippen LogP contribution in [0.5, 0.6) is 0 Å². The molecule has 2 atom stereocenters. The number of hydrogen-bond acceptors (Lipinski definition) is 3. The van der Waals surface area contributed by atoms with Crippen LogP contribution >= 0.6 is 11.6 Å². The highest BCUT2D eigenvalue weighted by Crippen LogP contribution is 2.30. The summed E-state index contributed by atoms with van der Waals surface area (Å²) < 4.78 is 5.64. The number of esters is 1. The minimum atomic E-state index is -0.320. The van der Waals surface area contributed by atoms with Crippen molar-refractivity contribution in [2.75, 3.05) is 5.73 Å². The van der Waals surface area contributed by atoms with E-state index in [4.69, 9.17) is 22.1 Å². The topological polar surface area (TPSA) is 52.3 Å². The second-order valence-corrected chi connectivity index (χ2v) is 5.61. The maximum Gasteiger partial charge on any atom is 0.338 e. The minimum Gasteiger partial charge on any atom is -0.458 e. The van der Waals surface area contributed by atoms with E-state index < -0.39 is 0 Å². The number of hydrogen-bond donors (Lipinski definition) is 1. The van der Waals surface area contributed by atoms with Gasteiger partial charge in [-0.05, 0) is 49.8 Å². The van der Waals surface area contributed by atoms with Gasteiger partial charge in [-0.25, -0.2) is 4.79 Å². The number of ether oxygens (including phenoxy) is 1. The van der Waals surface area contributed by atoms with Gasteiger partial charge in [-0.15, -0.1) is 0 Å². The Kier molecular flexibility index (Phi) is 4.70. The van der Waals surface area contributed by atoms with E-state index >= 15 is 0 Å². The summed E-state index contributed by atoms with van der Waals surface area (Å²) in [5.74, 6) is 0.161. The van der Waals surface area contributed by atoms with Gasteiger partial charge in [-0.1, -0.05) is 24.9 Å². The summed E-state index contributed by atoms with van der Waals surface area (Å²) in [6.45, 7) is 2.15. The van der Waals surface area contributed by atoms with E-state index in [9.17, 15) is 4.79 Å². The van der Waals surface area contributed by atoms with Gasteiger partial charge in [0.05, 0.1) is 5.56 Å². The van der Waals surface area contributed by atoms with Crippen molar-refractivity contribution in [2.45, 2.75) is 45.1 Å². The van der Waals surface area contributed by atoms with Crippen molar-refractivity contribution < 1.29 is 9.53 Å². The lowest BCUT2D eigenvalue weighted by Gasteiger charge is -2.30. The Morgan fingerprint density at radius 3 is 2.79 bits per heavy atom. The second-order valence-electron chi connectivity index (χ2n) is 5.17. The molecule has 1 aliphatic carbocycles. The first kappa shape index (κ1) is 14.2. The molecule has 2 N–H and O–H groups in total. The third-order valence-electron chi connectivity index (χ3n) is 3.78. The van der Waals surface area contributed by atoms with Gasteiger partial charge >= 0.3 is 5.97 Å². The summed E-state index contributed by atoms with van der Waals surface area (Å²) in [5.41, 5.74) is 6.61. The monoisotopic (exact) mass is 281 g/mol.